The zero-order valence-electron chi connectivity index (χ0n) is 16.5. The van der Waals surface area contributed by atoms with E-state index in [4.69, 9.17) is 0 Å². The topological polar surface area (TPSA) is 63.1 Å². The zero-order chi connectivity index (χ0) is 20.1. The Kier molecular flexibility index (Phi) is 6.51. The van der Waals surface area contributed by atoms with Crippen LogP contribution in [0.15, 0.2) is 53.7 Å². The second-order valence-electron chi connectivity index (χ2n) is 7.13. The van der Waals surface area contributed by atoms with Crippen LogP contribution in [0.4, 0.5) is 5.13 Å². The Hall–Kier alpha value is -2.32. The first-order valence-electron chi connectivity index (χ1n) is 9.85. The van der Waals surface area contributed by atoms with E-state index in [9.17, 15) is 4.79 Å². The van der Waals surface area contributed by atoms with Crippen molar-refractivity contribution in [2.75, 3.05) is 30.8 Å². The Morgan fingerprint density at radius 1 is 1.21 bits per heavy atom. The van der Waals surface area contributed by atoms with Crippen LogP contribution in [0, 0.1) is 5.92 Å². The molecule has 2 aromatic heterocycles. The van der Waals surface area contributed by atoms with Crippen LogP contribution in [0.25, 0.3) is 5.13 Å². The van der Waals surface area contributed by atoms with E-state index in [-0.39, 0.29) is 11.8 Å². The molecule has 0 bridgehead atoms. The van der Waals surface area contributed by atoms with Gasteiger partial charge in [0.2, 0.25) is 16.2 Å². The summed E-state index contributed by atoms with van der Waals surface area (Å²) in [5, 5.41) is 13.5. The van der Waals surface area contributed by atoms with Gasteiger partial charge < -0.3 is 10.2 Å². The molecule has 0 saturated carbocycles. The number of carbonyl (C=O) groups excluding carboxylic acids is 1. The summed E-state index contributed by atoms with van der Waals surface area (Å²) in [6.45, 7) is 2.30. The number of nitrogens with one attached hydrogen (secondary N) is 1. The molecule has 0 spiro atoms. The van der Waals surface area contributed by atoms with Gasteiger partial charge in [-0.2, -0.15) is 0 Å². The monoisotopic (exact) mass is 427 g/mol. The van der Waals surface area contributed by atoms with Crippen molar-refractivity contribution in [1.29, 1.82) is 0 Å². The summed E-state index contributed by atoms with van der Waals surface area (Å²) < 4.78 is 1.96. The van der Waals surface area contributed by atoms with E-state index in [2.05, 4.69) is 50.9 Å². The Morgan fingerprint density at radius 3 is 2.72 bits per heavy atom. The highest BCUT2D eigenvalue weighted by molar-refractivity contribution is 7.98. The lowest BCUT2D eigenvalue weighted by atomic mass is 9.97. The van der Waals surface area contributed by atoms with Gasteiger partial charge in [-0.1, -0.05) is 23.5 Å². The number of piperidine rings is 1. The van der Waals surface area contributed by atoms with E-state index in [0.29, 0.717) is 13.1 Å². The summed E-state index contributed by atoms with van der Waals surface area (Å²) >= 11 is 3.30. The van der Waals surface area contributed by atoms with Crippen molar-refractivity contribution in [1.82, 2.24) is 20.1 Å². The highest BCUT2D eigenvalue weighted by Crippen LogP contribution is 2.28. The van der Waals surface area contributed by atoms with E-state index in [0.717, 1.165) is 36.1 Å². The number of amides is 1. The van der Waals surface area contributed by atoms with Crippen LogP contribution < -0.4 is 10.2 Å². The van der Waals surface area contributed by atoms with Crippen LogP contribution in [0.2, 0.25) is 0 Å². The summed E-state index contributed by atoms with van der Waals surface area (Å²) in [6, 6.07) is 12.5. The van der Waals surface area contributed by atoms with Gasteiger partial charge in [0.1, 0.15) is 0 Å². The molecule has 1 N–H and O–H groups in total. The minimum Gasteiger partial charge on any atom is -0.355 e. The van der Waals surface area contributed by atoms with E-state index in [1.165, 1.54) is 10.5 Å². The predicted molar refractivity (Wildman–Crippen MR) is 119 cm³/mol. The molecule has 1 fully saturated rings. The van der Waals surface area contributed by atoms with Gasteiger partial charge in [-0.25, -0.2) is 0 Å². The lowest BCUT2D eigenvalue weighted by Gasteiger charge is -2.31. The fraction of sp³-hybridized carbons (Fsp3) is 0.381. The van der Waals surface area contributed by atoms with Gasteiger partial charge in [-0.15, -0.1) is 22.0 Å². The molecule has 152 valence electrons. The van der Waals surface area contributed by atoms with Gasteiger partial charge in [-0.05, 0) is 55.3 Å². The van der Waals surface area contributed by atoms with Crippen molar-refractivity contribution in [2.24, 2.45) is 5.92 Å². The Morgan fingerprint density at radius 2 is 1.97 bits per heavy atom. The number of rotatable bonds is 7. The fourth-order valence-corrected chi connectivity index (χ4v) is 4.79. The quantitative estimate of drug-likeness (QED) is 0.584. The van der Waals surface area contributed by atoms with Crippen molar-refractivity contribution >= 4 is 34.1 Å². The summed E-state index contributed by atoms with van der Waals surface area (Å²) in [6.07, 6.45) is 8.77. The number of hydrogen-bond donors (Lipinski definition) is 1. The van der Waals surface area contributed by atoms with Crippen LogP contribution in [0.1, 0.15) is 18.4 Å². The minimum atomic E-state index is 0.00143. The van der Waals surface area contributed by atoms with Crippen LogP contribution in [0.5, 0.6) is 0 Å². The highest BCUT2D eigenvalue weighted by Gasteiger charge is 2.27. The average molecular weight is 428 g/mol. The molecule has 1 saturated heterocycles. The third kappa shape index (κ3) is 5.00. The van der Waals surface area contributed by atoms with Crippen molar-refractivity contribution in [3.63, 3.8) is 0 Å². The number of thioether (sulfide) groups is 1. The third-order valence-corrected chi connectivity index (χ3v) is 6.90. The van der Waals surface area contributed by atoms with E-state index >= 15 is 0 Å². The summed E-state index contributed by atoms with van der Waals surface area (Å²) in [4.78, 5) is 16.1. The van der Waals surface area contributed by atoms with Crippen molar-refractivity contribution in [3.05, 3.63) is 54.4 Å². The standard InChI is InChI=1S/C21H25N5OS2/c1-28-18-8-6-16(7-9-18)10-11-22-19(27)17-5-4-14-26(15-17)21-24-23-20(29-21)25-12-2-3-13-25/h2-3,6-9,12-13,17H,4-5,10-11,14-15H2,1H3,(H,22,27). The van der Waals surface area contributed by atoms with Gasteiger partial charge in [0.25, 0.3) is 0 Å². The maximum absolute atomic E-state index is 12.7. The van der Waals surface area contributed by atoms with E-state index in [1.807, 2.05) is 29.1 Å². The third-order valence-electron chi connectivity index (χ3n) is 5.16. The van der Waals surface area contributed by atoms with Gasteiger partial charge in [-0.3, -0.25) is 9.36 Å². The van der Waals surface area contributed by atoms with Crippen LogP contribution in [0.3, 0.4) is 0 Å². The normalized spacial score (nSPS) is 16.7. The van der Waals surface area contributed by atoms with Crippen LogP contribution in [-0.4, -0.2) is 46.6 Å². The first-order chi connectivity index (χ1) is 14.2. The molecule has 1 atom stereocenters. The van der Waals surface area contributed by atoms with Gasteiger partial charge in [0, 0.05) is 36.9 Å². The highest BCUT2D eigenvalue weighted by atomic mass is 32.2. The molecule has 1 aliphatic heterocycles. The van der Waals surface area contributed by atoms with Crippen LogP contribution in [-0.2, 0) is 11.2 Å². The summed E-state index contributed by atoms with van der Waals surface area (Å²) in [5.41, 5.74) is 1.25. The molecule has 1 amide bonds. The molecule has 1 unspecified atom stereocenters. The van der Waals surface area contributed by atoms with Crippen molar-refractivity contribution < 1.29 is 4.79 Å². The Labute approximate surface area is 179 Å². The molecule has 3 heterocycles. The maximum atomic E-state index is 12.7. The number of benzene rings is 1. The number of nitrogens with zero attached hydrogens (tertiary/aromatic N) is 4. The number of carbonyl (C=O) groups is 1. The molecule has 4 rings (SSSR count). The van der Waals surface area contributed by atoms with E-state index in [1.54, 1.807) is 23.1 Å². The lowest BCUT2D eigenvalue weighted by Crippen LogP contribution is -2.43. The SMILES string of the molecule is CSc1ccc(CCNC(=O)C2CCCN(c3nnc(-n4cccc4)s3)C2)cc1. The molecule has 3 aromatic rings. The summed E-state index contributed by atoms with van der Waals surface area (Å²) in [5.74, 6) is 0.145. The summed E-state index contributed by atoms with van der Waals surface area (Å²) in [7, 11) is 0. The molecule has 0 aliphatic carbocycles. The van der Waals surface area contributed by atoms with Crippen molar-refractivity contribution in [3.8, 4) is 5.13 Å². The van der Waals surface area contributed by atoms with Crippen LogP contribution >= 0.6 is 23.1 Å². The Balaban J connectivity index is 1.29. The van der Waals surface area contributed by atoms with Gasteiger partial charge >= 0.3 is 0 Å². The van der Waals surface area contributed by atoms with Gasteiger partial charge in [0.05, 0.1) is 5.92 Å². The number of hydrogen-bond acceptors (Lipinski definition) is 6. The molecule has 29 heavy (non-hydrogen) atoms. The maximum Gasteiger partial charge on any atom is 0.224 e. The molecule has 1 aliphatic rings. The Bertz CT molecular complexity index is 923. The molecule has 8 heteroatoms. The zero-order valence-corrected chi connectivity index (χ0v) is 18.1. The predicted octanol–water partition coefficient (Wildman–Crippen LogP) is 3.63. The first kappa shape index (κ1) is 20.0. The molecule has 0 radical (unpaired) electrons. The van der Waals surface area contributed by atoms with Gasteiger partial charge in [0.15, 0.2) is 0 Å². The average Bonchev–Trinajstić information content (AvgIpc) is 3.46. The van der Waals surface area contributed by atoms with E-state index < -0.39 is 0 Å². The number of aromatic nitrogens is 3. The number of anilines is 1. The fourth-order valence-electron chi connectivity index (χ4n) is 3.53. The first-order valence-corrected chi connectivity index (χ1v) is 11.9. The molecule has 1 aromatic carbocycles. The second-order valence-corrected chi connectivity index (χ2v) is 8.95. The molecule has 6 nitrogen and oxygen atoms in total. The largest absolute Gasteiger partial charge is 0.355 e. The minimum absolute atomic E-state index is 0.00143. The molecular weight excluding hydrogens is 402 g/mol. The smallest absolute Gasteiger partial charge is 0.224 e. The second kappa shape index (κ2) is 9.45. The van der Waals surface area contributed by atoms with Crippen molar-refractivity contribution in [2.45, 2.75) is 24.2 Å². The molecular formula is C21H25N5OS2. The lowest BCUT2D eigenvalue weighted by molar-refractivity contribution is -0.125.